The predicted octanol–water partition coefficient (Wildman–Crippen LogP) is 8.96. The molecule has 2 rings (SSSR count). The van der Waals surface area contributed by atoms with Crippen LogP contribution in [0.2, 0.25) is 0 Å². The molecule has 1 atom stereocenters. The molecule has 6 nitrogen and oxygen atoms in total. The maximum absolute atomic E-state index is 12.5. The van der Waals surface area contributed by atoms with E-state index in [0.717, 1.165) is 53.6 Å². The number of rotatable bonds is 16. The summed E-state index contributed by atoms with van der Waals surface area (Å²) in [5, 5.41) is 6.70. The number of ether oxygens (including phenoxy) is 1. The lowest BCUT2D eigenvalue weighted by Crippen LogP contribution is -2.29. The van der Waals surface area contributed by atoms with Gasteiger partial charge in [-0.05, 0) is 93.9 Å². The van der Waals surface area contributed by atoms with Crippen LogP contribution in [-0.2, 0) is 9.53 Å². The van der Waals surface area contributed by atoms with Gasteiger partial charge >= 0.3 is 0 Å². The molecule has 1 amide bonds. The molecule has 0 saturated carbocycles. The Morgan fingerprint density at radius 3 is 2.33 bits per heavy atom. The van der Waals surface area contributed by atoms with Gasteiger partial charge in [0.25, 0.3) is 0 Å². The van der Waals surface area contributed by atoms with Crippen LogP contribution in [0.4, 0.5) is 22.7 Å². The molecule has 0 bridgehead atoms. The summed E-state index contributed by atoms with van der Waals surface area (Å²) in [6.07, 6.45) is 6.23. The van der Waals surface area contributed by atoms with Gasteiger partial charge < -0.3 is 19.7 Å². The first-order chi connectivity index (χ1) is 18.5. The van der Waals surface area contributed by atoms with Crippen LogP contribution in [0.5, 0.6) is 0 Å². The first-order valence-corrected chi connectivity index (χ1v) is 15.1. The molecule has 0 aliphatic carbocycles. The van der Waals surface area contributed by atoms with Crippen molar-refractivity contribution in [1.82, 2.24) is 0 Å². The van der Waals surface area contributed by atoms with Gasteiger partial charge in [-0.25, -0.2) is 0 Å². The Balaban J connectivity index is 2.25. The molecule has 39 heavy (non-hydrogen) atoms. The van der Waals surface area contributed by atoms with E-state index in [1.165, 1.54) is 12.8 Å². The Morgan fingerprint density at radius 1 is 1.08 bits per heavy atom. The van der Waals surface area contributed by atoms with E-state index in [4.69, 9.17) is 9.73 Å². The van der Waals surface area contributed by atoms with Crippen molar-refractivity contribution in [3.8, 4) is 0 Å². The third kappa shape index (κ3) is 10.2. The van der Waals surface area contributed by atoms with Gasteiger partial charge in [0.15, 0.2) is 0 Å². The Bertz CT molecular complexity index is 1070. The van der Waals surface area contributed by atoms with Crippen molar-refractivity contribution in [2.75, 3.05) is 35.1 Å². The SMILES string of the molecule is CCCC(CC)CNc1ccc(N(CC)Sc2ccc(NC(=O)C(C)(C)CC)cc2)cc1N=CC(C)(C)OC. The van der Waals surface area contributed by atoms with Gasteiger partial charge in [-0.15, -0.1) is 0 Å². The van der Waals surface area contributed by atoms with E-state index in [0.29, 0.717) is 5.92 Å². The van der Waals surface area contributed by atoms with Crippen LogP contribution in [0.1, 0.15) is 81.1 Å². The number of aliphatic imine (C=N–C) groups is 1. The molecule has 0 aliphatic heterocycles. The summed E-state index contributed by atoms with van der Waals surface area (Å²) in [5.74, 6) is 0.685. The number of carbonyl (C=O) groups excluding carboxylic acids is 1. The van der Waals surface area contributed by atoms with Crippen LogP contribution in [0, 0.1) is 11.3 Å². The van der Waals surface area contributed by atoms with Crippen molar-refractivity contribution in [3.05, 3.63) is 42.5 Å². The Kier molecular flexibility index (Phi) is 12.8. The van der Waals surface area contributed by atoms with Gasteiger partial charge in [-0.1, -0.05) is 47.5 Å². The molecule has 0 spiro atoms. The number of hydrogen-bond acceptors (Lipinski definition) is 6. The molecule has 0 fully saturated rings. The second kappa shape index (κ2) is 15.3. The molecule has 0 radical (unpaired) electrons. The molecular weight excluding hydrogens is 504 g/mol. The van der Waals surface area contributed by atoms with Crippen LogP contribution in [0.3, 0.4) is 0 Å². The second-order valence-electron chi connectivity index (χ2n) is 11.2. The molecule has 0 aromatic heterocycles. The summed E-state index contributed by atoms with van der Waals surface area (Å²) in [6.45, 7) is 18.4. The van der Waals surface area contributed by atoms with Gasteiger partial charge in [0.2, 0.25) is 5.91 Å². The summed E-state index contributed by atoms with van der Waals surface area (Å²) < 4.78 is 7.83. The minimum Gasteiger partial charge on any atom is -0.383 e. The third-order valence-electron chi connectivity index (χ3n) is 7.28. The number of carbonyl (C=O) groups is 1. The zero-order chi connectivity index (χ0) is 29.1. The standard InChI is InChI=1S/C32H50N4O2S/c1-10-14-24(11-2)22-33-28-20-17-26(21-29(28)34-23-32(7,8)38-9)36(13-4)39-27-18-15-25(16-19-27)35-30(37)31(5,6)12-3/h15-21,23-24,33H,10-14,22H2,1-9H3,(H,35,37). The molecule has 0 aliphatic rings. The Morgan fingerprint density at radius 2 is 1.77 bits per heavy atom. The highest BCUT2D eigenvalue weighted by Gasteiger charge is 2.25. The van der Waals surface area contributed by atoms with E-state index in [1.54, 1.807) is 19.1 Å². The first-order valence-electron chi connectivity index (χ1n) is 14.3. The summed E-state index contributed by atoms with van der Waals surface area (Å²) in [6, 6.07) is 14.5. The van der Waals surface area contributed by atoms with Crippen molar-refractivity contribution in [1.29, 1.82) is 0 Å². The van der Waals surface area contributed by atoms with Crippen LogP contribution < -0.4 is 14.9 Å². The van der Waals surface area contributed by atoms with E-state index in [2.05, 4.69) is 66.0 Å². The highest BCUT2D eigenvalue weighted by atomic mass is 32.2. The highest BCUT2D eigenvalue weighted by molar-refractivity contribution is 8.00. The maximum Gasteiger partial charge on any atom is 0.230 e. The van der Waals surface area contributed by atoms with Crippen LogP contribution >= 0.6 is 11.9 Å². The number of hydrogen-bond donors (Lipinski definition) is 2. The number of benzene rings is 2. The van der Waals surface area contributed by atoms with Gasteiger partial charge in [0.1, 0.15) is 0 Å². The zero-order valence-electron chi connectivity index (χ0n) is 25.6. The van der Waals surface area contributed by atoms with Crippen molar-refractivity contribution in [3.63, 3.8) is 0 Å². The highest BCUT2D eigenvalue weighted by Crippen LogP contribution is 2.36. The summed E-state index contributed by atoms with van der Waals surface area (Å²) in [5.41, 5.74) is 2.99. The minimum absolute atomic E-state index is 0.0407. The molecule has 0 heterocycles. The van der Waals surface area contributed by atoms with Gasteiger partial charge in [-0.3, -0.25) is 9.79 Å². The molecule has 2 aromatic rings. The maximum atomic E-state index is 12.5. The lowest BCUT2D eigenvalue weighted by molar-refractivity contribution is -0.124. The monoisotopic (exact) mass is 554 g/mol. The lowest BCUT2D eigenvalue weighted by Gasteiger charge is -2.24. The van der Waals surface area contributed by atoms with E-state index in [1.807, 2.05) is 53.0 Å². The molecule has 0 saturated heterocycles. The minimum atomic E-state index is -0.454. The van der Waals surface area contributed by atoms with Crippen molar-refractivity contribution >= 4 is 46.8 Å². The topological polar surface area (TPSA) is 66.0 Å². The summed E-state index contributed by atoms with van der Waals surface area (Å²) >= 11 is 1.67. The van der Waals surface area contributed by atoms with Gasteiger partial charge in [0, 0.05) is 48.1 Å². The average molecular weight is 555 g/mol. The third-order valence-corrected chi connectivity index (χ3v) is 8.45. The predicted molar refractivity (Wildman–Crippen MR) is 171 cm³/mol. The fourth-order valence-corrected chi connectivity index (χ4v) is 4.67. The van der Waals surface area contributed by atoms with Crippen molar-refractivity contribution in [2.24, 2.45) is 16.3 Å². The van der Waals surface area contributed by atoms with E-state index < -0.39 is 5.60 Å². The first kappa shape index (κ1) is 32.7. The number of nitrogens with zero attached hydrogens (tertiary/aromatic N) is 2. The quantitative estimate of drug-likeness (QED) is 0.160. The van der Waals surface area contributed by atoms with E-state index >= 15 is 0 Å². The van der Waals surface area contributed by atoms with E-state index in [9.17, 15) is 4.79 Å². The number of amides is 1. The Labute approximate surface area is 241 Å². The zero-order valence-corrected chi connectivity index (χ0v) is 26.4. The normalized spacial score (nSPS) is 12.9. The van der Waals surface area contributed by atoms with Gasteiger partial charge in [0.05, 0.1) is 17.0 Å². The Hall–Kier alpha value is -2.51. The van der Waals surface area contributed by atoms with Crippen LogP contribution in [-0.4, -0.2) is 37.9 Å². The number of nitrogens with one attached hydrogen (secondary N) is 2. The molecule has 1 unspecified atom stereocenters. The smallest absolute Gasteiger partial charge is 0.230 e. The molecule has 7 heteroatoms. The fraction of sp³-hybridized carbons (Fsp3) is 0.562. The fourth-order valence-electron chi connectivity index (χ4n) is 3.81. The second-order valence-corrected chi connectivity index (χ2v) is 12.3. The van der Waals surface area contributed by atoms with Gasteiger partial charge in [-0.2, -0.15) is 0 Å². The number of anilines is 3. The number of methoxy groups -OCH3 is 1. The molecule has 216 valence electrons. The molecule has 2 N–H and O–H groups in total. The molecule has 2 aromatic carbocycles. The van der Waals surface area contributed by atoms with Crippen molar-refractivity contribution < 1.29 is 9.53 Å². The average Bonchev–Trinajstić information content (AvgIpc) is 2.93. The summed E-state index contributed by atoms with van der Waals surface area (Å²) in [7, 11) is 1.70. The summed E-state index contributed by atoms with van der Waals surface area (Å²) in [4.78, 5) is 18.5. The lowest BCUT2D eigenvalue weighted by atomic mass is 9.89. The van der Waals surface area contributed by atoms with Crippen molar-refractivity contribution in [2.45, 2.75) is 91.6 Å². The largest absolute Gasteiger partial charge is 0.383 e. The van der Waals surface area contributed by atoms with Crippen LogP contribution in [0.15, 0.2) is 52.4 Å². The molecular formula is C32H50N4O2S. The van der Waals surface area contributed by atoms with Crippen LogP contribution in [0.25, 0.3) is 0 Å². The van der Waals surface area contributed by atoms with E-state index in [-0.39, 0.29) is 11.3 Å².